The van der Waals surface area contributed by atoms with E-state index in [-0.39, 0.29) is 24.9 Å². The Balaban J connectivity index is 4.76. The van der Waals surface area contributed by atoms with Crippen molar-refractivity contribution in [2.75, 3.05) is 6.61 Å². The van der Waals surface area contributed by atoms with Crippen molar-refractivity contribution in [3.8, 4) is 0 Å². The molecule has 3 unspecified atom stereocenters. The Morgan fingerprint density at radius 2 is 0.803 bits per heavy atom. The van der Waals surface area contributed by atoms with Crippen molar-refractivity contribution in [2.24, 2.45) is 0 Å². The fourth-order valence-electron chi connectivity index (χ4n) is 7.43. The summed E-state index contributed by atoms with van der Waals surface area (Å²) in [6, 6.07) is -0.730. The third kappa shape index (κ3) is 46.8. The Morgan fingerprint density at radius 1 is 0.439 bits per heavy atom. The number of nitrogens with one attached hydrogen (secondary N) is 1. The normalized spacial score (nSPS) is 14.2. The van der Waals surface area contributed by atoms with Crippen molar-refractivity contribution >= 4 is 11.9 Å². The molecule has 0 aromatic carbocycles. The number of aliphatic hydroxyl groups is 2. The Morgan fingerprint density at radius 3 is 1.24 bits per heavy atom. The molecule has 3 N–H and O–H groups in total. The SMILES string of the molecule is CCC/C=C/C=C/C=C/C=C/C=C/CCCCCCCC(=O)OC(CCCCC/C=C/C=C/C=C/C=C/C=C/CCC)CC(=O)NC(CO)C(O)CCCCCCCCCCCCCCC. The third-order valence-electron chi connectivity index (χ3n) is 11.5. The lowest BCUT2D eigenvalue weighted by Crippen LogP contribution is -2.46. The monoisotopic (exact) mass is 914 g/mol. The van der Waals surface area contributed by atoms with Gasteiger partial charge in [0.25, 0.3) is 0 Å². The standard InChI is InChI=1S/C60H99NO5/c1-4-7-10-13-16-19-22-25-27-29-30-32-35-38-41-44-47-50-53-60(65)66-56(51-48-45-42-39-36-34-31-28-26-23-20-17-14-11-8-5-2)54-59(64)61-57(55-62)58(63)52-49-46-43-40-37-33-24-21-18-15-12-9-6-3/h10-11,13-14,16-17,19-20,22-23,25-32,34,36,56-58,62-63H,4-9,12,15,18,21,24,33,35,37-55H2,1-3H3,(H,61,64)/b13-10+,14-11+,19-16+,20-17+,25-22+,26-23+,29-27+,31-28+,32-30+,36-34+. The maximum Gasteiger partial charge on any atom is 0.306 e. The van der Waals surface area contributed by atoms with Crippen molar-refractivity contribution in [2.45, 2.75) is 238 Å². The highest BCUT2D eigenvalue weighted by Crippen LogP contribution is 2.17. The topological polar surface area (TPSA) is 95.9 Å². The molecule has 0 rings (SSSR count). The summed E-state index contributed by atoms with van der Waals surface area (Å²) in [5, 5.41) is 23.8. The van der Waals surface area contributed by atoms with Gasteiger partial charge in [-0.25, -0.2) is 0 Å². The molecule has 0 fully saturated rings. The lowest BCUT2D eigenvalue weighted by atomic mass is 10.0. The number of carbonyl (C=O) groups is 2. The molecule has 0 radical (unpaired) electrons. The van der Waals surface area contributed by atoms with Gasteiger partial charge in [-0.3, -0.25) is 9.59 Å². The maximum atomic E-state index is 13.2. The minimum Gasteiger partial charge on any atom is -0.462 e. The molecule has 6 nitrogen and oxygen atoms in total. The summed E-state index contributed by atoms with van der Waals surface area (Å²) >= 11 is 0. The van der Waals surface area contributed by atoms with Gasteiger partial charge in [0.2, 0.25) is 5.91 Å². The molecule has 1 amide bonds. The van der Waals surface area contributed by atoms with E-state index in [4.69, 9.17) is 4.74 Å². The van der Waals surface area contributed by atoms with Crippen LogP contribution in [0.2, 0.25) is 0 Å². The first-order valence-electron chi connectivity index (χ1n) is 26.9. The van der Waals surface area contributed by atoms with Gasteiger partial charge in [-0.2, -0.15) is 0 Å². The van der Waals surface area contributed by atoms with E-state index in [9.17, 15) is 19.8 Å². The molecule has 0 saturated heterocycles. The van der Waals surface area contributed by atoms with E-state index in [2.05, 4.69) is 86.8 Å². The summed E-state index contributed by atoms with van der Waals surface area (Å²) in [6.45, 7) is 6.28. The number of unbranched alkanes of at least 4 members (excludes halogenated alkanes) is 22. The van der Waals surface area contributed by atoms with Crippen LogP contribution in [0.3, 0.4) is 0 Å². The highest BCUT2D eigenvalue weighted by Gasteiger charge is 2.24. The highest BCUT2D eigenvalue weighted by molar-refractivity contribution is 5.77. The molecule has 0 aliphatic rings. The molecular formula is C60H99NO5. The van der Waals surface area contributed by atoms with Gasteiger partial charge in [0.1, 0.15) is 6.10 Å². The predicted molar refractivity (Wildman–Crippen MR) is 286 cm³/mol. The number of carbonyl (C=O) groups excluding carboxylic acids is 2. The average molecular weight is 914 g/mol. The fourth-order valence-corrected chi connectivity index (χ4v) is 7.43. The van der Waals surface area contributed by atoms with Gasteiger partial charge < -0.3 is 20.3 Å². The van der Waals surface area contributed by atoms with Crippen molar-refractivity contribution in [1.82, 2.24) is 5.32 Å². The third-order valence-corrected chi connectivity index (χ3v) is 11.5. The summed E-state index contributed by atoms with van der Waals surface area (Å²) < 4.78 is 5.92. The minimum absolute atomic E-state index is 0.0307. The van der Waals surface area contributed by atoms with E-state index >= 15 is 0 Å². The zero-order valence-corrected chi connectivity index (χ0v) is 42.5. The second-order valence-corrected chi connectivity index (χ2v) is 17.8. The van der Waals surface area contributed by atoms with Crippen LogP contribution in [-0.2, 0) is 14.3 Å². The summed E-state index contributed by atoms with van der Waals surface area (Å²) in [5.41, 5.74) is 0. The summed E-state index contributed by atoms with van der Waals surface area (Å²) in [6.07, 6.45) is 72.4. The van der Waals surface area contributed by atoms with E-state index in [0.29, 0.717) is 19.3 Å². The Hall–Kier alpha value is -3.74. The van der Waals surface area contributed by atoms with Crippen molar-refractivity contribution in [3.05, 3.63) is 122 Å². The molecule has 0 aromatic rings. The number of aliphatic hydroxyl groups excluding tert-OH is 2. The van der Waals surface area contributed by atoms with E-state index in [1.165, 1.54) is 70.6 Å². The molecular weight excluding hydrogens is 815 g/mol. The van der Waals surface area contributed by atoms with Crippen LogP contribution in [0.25, 0.3) is 0 Å². The molecule has 6 heteroatoms. The van der Waals surface area contributed by atoms with Crippen LogP contribution in [0.5, 0.6) is 0 Å². The molecule has 0 aliphatic heterocycles. The number of ether oxygens (including phenoxy) is 1. The van der Waals surface area contributed by atoms with E-state index in [1.807, 2.05) is 60.8 Å². The molecule has 0 aliphatic carbocycles. The molecule has 0 saturated carbocycles. The summed E-state index contributed by atoms with van der Waals surface area (Å²) in [7, 11) is 0. The first kappa shape index (κ1) is 62.3. The van der Waals surface area contributed by atoms with Gasteiger partial charge in [0, 0.05) is 6.42 Å². The molecule has 3 atom stereocenters. The van der Waals surface area contributed by atoms with E-state index in [1.54, 1.807) is 0 Å². The number of hydrogen-bond donors (Lipinski definition) is 3. The molecule has 66 heavy (non-hydrogen) atoms. The van der Waals surface area contributed by atoms with Crippen LogP contribution in [0, 0.1) is 0 Å². The Bertz CT molecular complexity index is 1390. The summed E-state index contributed by atoms with van der Waals surface area (Å²) in [4.78, 5) is 26.2. The van der Waals surface area contributed by atoms with Crippen molar-refractivity contribution in [1.29, 1.82) is 0 Å². The van der Waals surface area contributed by atoms with Crippen LogP contribution in [0.15, 0.2) is 122 Å². The number of rotatable bonds is 46. The van der Waals surface area contributed by atoms with E-state index < -0.39 is 18.2 Å². The second kappa shape index (κ2) is 52.2. The van der Waals surface area contributed by atoms with Crippen LogP contribution in [-0.4, -0.2) is 46.9 Å². The van der Waals surface area contributed by atoms with Gasteiger partial charge in [-0.15, -0.1) is 0 Å². The average Bonchev–Trinajstić information content (AvgIpc) is 3.31. The fraction of sp³-hybridized carbons (Fsp3) is 0.633. The molecule has 0 bridgehead atoms. The summed E-state index contributed by atoms with van der Waals surface area (Å²) in [5.74, 6) is -0.555. The minimum atomic E-state index is -0.813. The highest BCUT2D eigenvalue weighted by atomic mass is 16.5. The largest absolute Gasteiger partial charge is 0.462 e. The van der Waals surface area contributed by atoms with Gasteiger partial charge in [-0.1, -0.05) is 264 Å². The Kier molecular flexibility index (Phi) is 49.3. The lowest BCUT2D eigenvalue weighted by molar-refractivity contribution is -0.151. The van der Waals surface area contributed by atoms with Gasteiger partial charge in [-0.05, 0) is 64.2 Å². The second-order valence-electron chi connectivity index (χ2n) is 17.8. The number of amides is 1. The number of allylic oxidation sites excluding steroid dienone is 20. The zero-order valence-electron chi connectivity index (χ0n) is 42.5. The first-order chi connectivity index (χ1) is 32.5. The number of hydrogen-bond acceptors (Lipinski definition) is 5. The molecule has 0 heterocycles. The smallest absolute Gasteiger partial charge is 0.306 e. The predicted octanol–water partition coefficient (Wildman–Crippen LogP) is 16.5. The zero-order chi connectivity index (χ0) is 48.1. The van der Waals surface area contributed by atoms with Crippen LogP contribution >= 0.6 is 0 Å². The van der Waals surface area contributed by atoms with Crippen molar-refractivity contribution in [3.63, 3.8) is 0 Å². The van der Waals surface area contributed by atoms with Crippen LogP contribution in [0.1, 0.15) is 220 Å². The first-order valence-corrected chi connectivity index (χ1v) is 26.9. The van der Waals surface area contributed by atoms with Crippen LogP contribution in [0.4, 0.5) is 0 Å². The van der Waals surface area contributed by atoms with Crippen LogP contribution < -0.4 is 5.32 Å². The van der Waals surface area contributed by atoms with Crippen molar-refractivity contribution < 1.29 is 24.5 Å². The molecule has 0 spiro atoms. The van der Waals surface area contributed by atoms with Gasteiger partial charge in [0.15, 0.2) is 0 Å². The Labute approximate surface area is 406 Å². The van der Waals surface area contributed by atoms with Gasteiger partial charge in [0.05, 0.1) is 25.2 Å². The van der Waals surface area contributed by atoms with Gasteiger partial charge >= 0.3 is 5.97 Å². The van der Waals surface area contributed by atoms with E-state index in [0.717, 1.165) is 103 Å². The molecule has 0 aromatic heterocycles. The maximum absolute atomic E-state index is 13.2. The quantitative estimate of drug-likeness (QED) is 0.0321. The lowest BCUT2D eigenvalue weighted by Gasteiger charge is -2.24. The number of esters is 1. The molecule has 374 valence electrons.